The molecule has 0 saturated carbocycles. The lowest BCUT2D eigenvalue weighted by molar-refractivity contribution is -0.147. The van der Waals surface area contributed by atoms with Crippen molar-refractivity contribution in [2.24, 2.45) is 5.41 Å². The van der Waals surface area contributed by atoms with Gasteiger partial charge in [-0.3, -0.25) is 4.79 Å². The fraction of sp³-hybridized carbons (Fsp3) is 0.500. The molecule has 7 heteroatoms. The number of halogens is 1. The van der Waals surface area contributed by atoms with Crippen LogP contribution in [0, 0.1) is 5.41 Å². The van der Waals surface area contributed by atoms with Gasteiger partial charge in [0.1, 0.15) is 0 Å². The third-order valence-electron chi connectivity index (χ3n) is 4.59. The van der Waals surface area contributed by atoms with Gasteiger partial charge in [0.15, 0.2) is 0 Å². The topological polar surface area (TPSA) is 69.6 Å². The average Bonchev–Trinajstić information content (AvgIpc) is 2.92. The molecular formula is C16H19ClN2O3S. The molecule has 2 aliphatic rings. The molecule has 2 N–H and O–H groups in total. The number of carbonyl (C=O) groups is 2. The van der Waals surface area contributed by atoms with Crippen molar-refractivity contribution in [3.8, 4) is 0 Å². The van der Waals surface area contributed by atoms with E-state index in [0.717, 1.165) is 22.6 Å². The lowest BCUT2D eigenvalue weighted by Gasteiger charge is -2.28. The van der Waals surface area contributed by atoms with E-state index in [-0.39, 0.29) is 18.6 Å². The number of likely N-dealkylation sites (tertiary alicyclic amines) is 1. The second-order valence-corrected chi connectivity index (χ2v) is 7.93. The molecule has 0 aromatic heterocycles. The molecule has 124 valence electrons. The molecule has 1 aromatic rings. The maximum atomic E-state index is 12.5. The number of carboxylic acid groups (broad SMARTS) is 1. The Bertz CT molecular complexity index is 654. The molecule has 1 fully saturated rings. The fourth-order valence-electron chi connectivity index (χ4n) is 3.06. The van der Waals surface area contributed by atoms with E-state index in [0.29, 0.717) is 18.0 Å². The molecular weight excluding hydrogens is 336 g/mol. The first-order valence-corrected chi connectivity index (χ1v) is 8.96. The number of hydrogen-bond donors (Lipinski definition) is 2. The van der Waals surface area contributed by atoms with Crippen molar-refractivity contribution >= 4 is 35.4 Å². The summed E-state index contributed by atoms with van der Waals surface area (Å²) in [7, 11) is 0. The van der Waals surface area contributed by atoms with E-state index in [1.807, 2.05) is 18.2 Å². The Kier molecular flexibility index (Phi) is 4.47. The van der Waals surface area contributed by atoms with Crippen LogP contribution in [0.25, 0.3) is 0 Å². The fourth-order valence-corrected chi connectivity index (χ4v) is 4.35. The lowest BCUT2D eigenvalue weighted by atomic mass is 9.90. The Hall–Kier alpha value is -1.40. The van der Waals surface area contributed by atoms with Gasteiger partial charge in [-0.1, -0.05) is 11.6 Å². The molecule has 2 atom stereocenters. The van der Waals surface area contributed by atoms with E-state index in [9.17, 15) is 14.7 Å². The van der Waals surface area contributed by atoms with Gasteiger partial charge in [0.25, 0.3) is 0 Å². The van der Waals surface area contributed by atoms with Crippen molar-refractivity contribution in [3.05, 3.63) is 28.8 Å². The van der Waals surface area contributed by atoms with Gasteiger partial charge in [-0.2, -0.15) is 0 Å². The second-order valence-electron chi connectivity index (χ2n) is 6.36. The molecule has 1 saturated heterocycles. The number of carboxylic acids is 1. The van der Waals surface area contributed by atoms with Crippen molar-refractivity contribution in [3.63, 3.8) is 0 Å². The standard InChI is InChI=1S/C16H19ClN2O3S/c1-16(14(20)21)5-6-19(9-16)15(22)18-12-4-7-23-13-3-2-10(17)8-11(12)13/h2-3,8,12H,4-7,9H2,1H3,(H,18,22)(H,20,21). The number of fused-ring (bicyclic) bond motifs is 1. The molecule has 0 radical (unpaired) electrons. The zero-order valence-corrected chi connectivity index (χ0v) is 14.4. The predicted octanol–water partition coefficient (Wildman–Crippen LogP) is 3.38. The first-order valence-electron chi connectivity index (χ1n) is 7.60. The highest BCUT2D eigenvalue weighted by Gasteiger charge is 2.42. The van der Waals surface area contributed by atoms with E-state index in [2.05, 4.69) is 5.32 Å². The average molecular weight is 355 g/mol. The summed E-state index contributed by atoms with van der Waals surface area (Å²) >= 11 is 7.84. The maximum Gasteiger partial charge on any atom is 0.317 e. The van der Waals surface area contributed by atoms with Gasteiger partial charge in [-0.05, 0) is 43.5 Å². The Morgan fingerprint density at radius 1 is 1.48 bits per heavy atom. The molecule has 1 aromatic carbocycles. The largest absolute Gasteiger partial charge is 0.481 e. The van der Waals surface area contributed by atoms with Crippen LogP contribution in [0.4, 0.5) is 4.79 Å². The van der Waals surface area contributed by atoms with Crippen molar-refractivity contribution in [1.82, 2.24) is 10.2 Å². The van der Waals surface area contributed by atoms with E-state index in [1.54, 1.807) is 23.6 Å². The second kappa shape index (κ2) is 6.24. The summed E-state index contributed by atoms with van der Waals surface area (Å²) in [6.45, 7) is 2.41. The number of rotatable bonds is 2. The van der Waals surface area contributed by atoms with Crippen LogP contribution in [-0.2, 0) is 4.79 Å². The molecule has 23 heavy (non-hydrogen) atoms. The molecule has 2 heterocycles. The minimum atomic E-state index is -0.848. The highest BCUT2D eigenvalue weighted by Crippen LogP contribution is 2.38. The Labute approximate surface area is 144 Å². The number of thioether (sulfide) groups is 1. The van der Waals surface area contributed by atoms with Crippen LogP contribution in [0.3, 0.4) is 0 Å². The summed E-state index contributed by atoms with van der Waals surface area (Å²) in [6, 6.07) is 5.47. The summed E-state index contributed by atoms with van der Waals surface area (Å²) in [5.74, 6) is 0.0888. The van der Waals surface area contributed by atoms with Crippen LogP contribution in [0.1, 0.15) is 31.4 Å². The SMILES string of the molecule is CC1(C(=O)O)CCN(C(=O)NC2CCSc3ccc(Cl)cc32)C1. The molecule has 2 aliphatic heterocycles. The first-order chi connectivity index (χ1) is 10.9. The highest BCUT2D eigenvalue weighted by atomic mass is 35.5. The van der Waals surface area contributed by atoms with Crippen LogP contribution in [0.2, 0.25) is 5.02 Å². The zero-order chi connectivity index (χ0) is 16.6. The quantitative estimate of drug-likeness (QED) is 0.854. The van der Waals surface area contributed by atoms with Crippen LogP contribution in [0.15, 0.2) is 23.1 Å². The number of benzene rings is 1. The van der Waals surface area contributed by atoms with E-state index in [4.69, 9.17) is 11.6 Å². The van der Waals surface area contributed by atoms with Crippen LogP contribution in [-0.4, -0.2) is 40.8 Å². The van der Waals surface area contributed by atoms with Gasteiger partial charge in [0.05, 0.1) is 11.5 Å². The number of urea groups is 1. The Balaban J connectivity index is 1.71. The van der Waals surface area contributed by atoms with Gasteiger partial charge < -0.3 is 15.3 Å². The van der Waals surface area contributed by atoms with E-state index >= 15 is 0 Å². The normalized spacial score (nSPS) is 26.7. The maximum absolute atomic E-state index is 12.5. The van der Waals surface area contributed by atoms with Crippen molar-refractivity contribution in [2.45, 2.75) is 30.7 Å². The molecule has 2 amide bonds. The van der Waals surface area contributed by atoms with Crippen molar-refractivity contribution in [2.75, 3.05) is 18.8 Å². The first kappa shape index (κ1) is 16.5. The van der Waals surface area contributed by atoms with Gasteiger partial charge in [-0.15, -0.1) is 11.8 Å². The number of amides is 2. The number of nitrogens with zero attached hydrogens (tertiary/aromatic N) is 1. The number of aliphatic carboxylic acids is 1. The Morgan fingerprint density at radius 3 is 2.96 bits per heavy atom. The Morgan fingerprint density at radius 2 is 2.26 bits per heavy atom. The molecule has 0 bridgehead atoms. The van der Waals surface area contributed by atoms with Crippen molar-refractivity contribution in [1.29, 1.82) is 0 Å². The summed E-state index contributed by atoms with van der Waals surface area (Å²) in [4.78, 5) is 26.5. The number of hydrogen-bond acceptors (Lipinski definition) is 3. The van der Waals surface area contributed by atoms with Crippen molar-refractivity contribution < 1.29 is 14.7 Å². The van der Waals surface area contributed by atoms with Crippen LogP contribution in [0.5, 0.6) is 0 Å². The zero-order valence-electron chi connectivity index (χ0n) is 12.8. The summed E-state index contributed by atoms with van der Waals surface area (Å²) in [5, 5.41) is 13.0. The third-order valence-corrected chi connectivity index (χ3v) is 5.94. The number of nitrogens with one attached hydrogen (secondary N) is 1. The molecule has 2 unspecified atom stereocenters. The van der Waals surface area contributed by atoms with Gasteiger partial charge in [0.2, 0.25) is 0 Å². The molecule has 0 spiro atoms. The summed E-state index contributed by atoms with van der Waals surface area (Å²) in [6.07, 6.45) is 1.33. The summed E-state index contributed by atoms with van der Waals surface area (Å²) < 4.78 is 0. The number of carbonyl (C=O) groups excluding carboxylic acids is 1. The monoisotopic (exact) mass is 354 g/mol. The molecule has 5 nitrogen and oxygen atoms in total. The van der Waals surface area contributed by atoms with Gasteiger partial charge in [-0.25, -0.2) is 4.79 Å². The van der Waals surface area contributed by atoms with E-state index in [1.165, 1.54) is 0 Å². The minimum absolute atomic E-state index is 0.0749. The summed E-state index contributed by atoms with van der Waals surface area (Å²) in [5.41, 5.74) is 0.198. The van der Waals surface area contributed by atoms with Crippen LogP contribution < -0.4 is 5.32 Å². The molecule has 0 aliphatic carbocycles. The van der Waals surface area contributed by atoms with E-state index < -0.39 is 11.4 Å². The van der Waals surface area contributed by atoms with Gasteiger partial charge in [0, 0.05) is 28.8 Å². The lowest BCUT2D eigenvalue weighted by Crippen LogP contribution is -2.42. The molecule has 3 rings (SSSR count). The predicted molar refractivity (Wildman–Crippen MR) is 90.0 cm³/mol. The van der Waals surface area contributed by atoms with Crippen LogP contribution >= 0.6 is 23.4 Å². The van der Waals surface area contributed by atoms with Gasteiger partial charge >= 0.3 is 12.0 Å². The smallest absolute Gasteiger partial charge is 0.317 e. The highest BCUT2D eigenvalue weighted by molar-refractivity contribution is 7.99. The third kappa shape index (κ3) is 3.28. The minimum Gasteiger partial charge on any atom is -0.481 e.